The normalized spacial score (nSPS) is 21.2. The fourth-order valence-corrected chi connectivity index (χ4v) is 4.18. The molecule has 1 N–H and O–H groups in total. The maximum absolute atomic E-state index is 12.9. The van der Waals surface area contributed by atoms with E-state index >= 15 is 0 Å². The first kappa shape index (κ1) is 18.9. The van der Waals surface area contributed by atoms with Crippen LogP contribution >= 0.6 is 11.6 Å². The molecule has 2 heterocycles. The molecule has 1 amide bonds. The number of hydrogen-bond acceptors (Lipinski definition) is 2. The number of halogens is 4. The van der Waals surface area contributed by atoms with Gasteiger partial charge in [-0.25, -0.2) is 4.79 Å². The number of aromatic amines is 1. The molecule has 2 atom stereocenters. The average molecular weight is 411 g/mol. The van der Waals surface area contributed by atoms with E-state index in [-0.39, 0.29) is 5.38 Å². The van der Waals surface area contributed by atoms with Gasteiger partial charge in [-0.15, -0.1) is 11.6 Å². The molecule has 0 saturated heterocycles. The molecule has 0 spiro atoms. The number of aromatic nitrogens is 1. The Morgan fingerprint density at radius 2 is 2.00 bits per heavy atom. The predicted octanol–water partition coefficient (Wildman–Crippen LogP) is 3.32. The van der Waals surface area contributed by atoms with Crippen LogP contribution in [0.1, 0.15) is 34.8 Å². The van der Waals surface area contributed by atoms with E-state index < -0.39 is 23.9 Å². The van der Waals surface area contributed by atoms with Gasteiger partial charge in [0.15, 0.2) is 0 Å². The SMILES string of the molecule is COC(=O)N1CCc2c([nH]c3c2=CC(Cl)CC=3)C1c1ccc(C(F)(F)F)cc1. The first-order valence-electron chi connectivity index (χ1n) is 8.88. The van der Waals surface area contributed by atoms with E-state index in [9.17, 15) is 18.0 Å². The van der Waals surface area contributed by atoms with Crippen LogP contribution in [0.4, 0.5) is 18.0 Å². The molecule has 2 aromatic rings. The number of carbonyl (C=O) groups is 1. The number of hydrogen-bond donors (Lipinski definition) is 1. The monoisotopic (exact) mass is 410 g/mol. The Kier molecular flexibility index (Phi) is 4.65. The lowest BCUT2D eigenvalue weighted by molar-refractivity contribution is -0.137. The zero-order chi connectivity index (χ0) is 20.1. The van der Waals surface area contributed by atoms with Crippen LogP contribution in [0, 0.1) is 0 Å². The third-order valence-electron chi connectivity index (χ3n) is 5.26. The number of nitrogens with one attached hydrogen (secondary N) is 1. The predicted molar refractivity (Wildman–Crippen MR) is 99.3 cm³/mol. The Morgan fingerprint density at radius 1 is 1.29 bits per heavy atom. The van der Waals surface area contributed by atoms with Crippen molar-refractivity contribution in [3.05, 3.63) is 57.2 Å². The van der Waals surface area contributed by atoms with Crippen molar-refractivity contribution in [3.8, 4) is 0 Å². The van der Waals surface area contributed by atoms with Crippen molar-refractivity contribution in [1.82, 2.24) is 9.88 Å². The largest absolute Gasteiger partial charge is 0.453 e. The second kappa shape index (κ2) is 6.88. The number of carbonyl (C=O) groups excluding carboxylic acids is 1. The van der Waals surface area contributed by atoms with Crippen LogP contribution in [0.25, 0.3) is 12.2 Å². The smallest absolute Gasteiger partial charge is 0.416 e. The number of methoxy groups -OCH3 is 1. The minimum Gasteiger partial charge on any atom is -0.453 e. The van der Waals surface area contributed by atoms with Crippen LogP contribution in [-0.4, -0.2) is 35.0 Å². The summed E-state index contributed by atoms with van der Waals surface area (Å²) in [7, 11) is 1.29. The average Bonchev–Trinajstić information content (AvgIpc) is 3.04. The molecule has 28 heavy (non-hydrogen) atoms. The van der Waals surface area contributed by atoms with E-state index in [0.717, 1.165) is 34.0 Å². The quantitative estimate of drug-likeness (QED) is 0.733. The number of fused-ring (bicyclic) bond motifs is 3. The van der Waals surface area contributed by atoms with Gasteiger partial charge in [0.25, 0.3) is 0 Å². The van der Waals surface area contributed by atoms with E-state index in [1.165, 1.54) is 24.1 Å². The summed E-state index contributed by atoms with van der Waals surface area (Å²) in [4.78, 5) is 17.2. The molecule has 1 aliphatic carbocycles. The van der Waals surface area contributed by atoms with Gasteiger partial charge in [0.05, 0.1) is 18.1 Å². The highest BCUT2D eigenvalue weighted by atomic mass is 35.5. The molecule has 0 fully saturated rings. The number of nitrogens with zero attached hydrogens (tertiary/aromatic N) is 1. The molecule has 148 valence electrons. The lowest BCUT2D eigenvalue weighted by Gasteiger charge is -2.35. The summed E-state index contributed by atoms with van der Waals surface area (Å²) in [6, 6.07) is 4.34. The van der Waals surface area contributed by atoms with Crippen molar-refractivity contribution in [2.45, 2.75) is 30.4 Å². The van der Waals surface area contributed by atoms with E-state index in [4.69, 9.17) is 16.3 Å². The van der Waals surface area contributed by atoms with Gasteiger partial charge in [0.1, 0.15) is 6.04 Å². The molecule has 8 heteroatoms. The highest BCUT2D eigenvalue weighted by molar-refractivity contribution is 6.24. The molecule has 2 unspecified atom stereocenters. The zero-order valence-electron chi connectivity index (χ0n) is 15.0. The van der Waals surface area contributed by atoms with Crippen molar-refractivity contribution < 1.29 is 22.7 Å². The molecule has 1 aliphatic heterocycles. The number of rotatable bonds is 1. The van der Waals surface area contributed by atoms with Crippen LogP contribution in [-0.2, 0) is 17.3 Å². The van der Waals surface area contributed by atoms with E-state index in [0.29, 0.717) is 24.9 Å². The summed E-state index contributed by atoms with van der Waals surface area (Å²) >= 11 is 6.27. The third kappa shape index (κ3) is 3.17. The summed E-state index contributed by atoms with van der Waals surface area (Å²) in [6.07, 6.45) is 0.372. The Bertz CT molecular complexity index is 1030. The molecule has 0 bridgehead atoms. The molecule has 4 nitrogen and oxygen atoms in total. The number of benzene rings is 1. The van der Waals surface area contributed by atoms with E-state index in [1.807, 2.05) is 12.2 Å². The Hall–Kier alpha value is -2.41. The van der Waals surface area contributed by atoms with Gasteiger partial charge >= 0.3 is 12.3 Å². The zero-order valence-corrected chi connectivity index (χ0v) is 15.8. The van der Waals surface area contributed by atoms with Crippen molar-refractivity contribution in [3.63, 3.8) is 0 Å². The van der Waals surface area contributed by atoms with Crippen LogP contribution in [0.3, 0.4) is 0 Å². The summed E-state index contributed by atoms with van der Waals surface area (Å²) in [5.74, 6) is 0. The van der Waals surface area contributed by atoms with Gasteiger partial charge < -0.3 is 9.72 Å². The van der Waals surface area contributed by atoms with Crippen LogP contribution in [0.2, 0.25) is 0 Å². The topological polar surface area (TPSA) is 45.3 Å². The lowest BCUT2D eigenvalue weighted by atomic mass is 9.92. The first-order valence-corrected chi connectivity index (χ1v) is 9.32. The number of amides is 1. The van der Waals surface area contributed by atoms with Gasteiger partial charge in [-0.1, -0.05) is 24.3 Å². The van der Waals surface area contributed by atoms with Gasteiger partial charge in [0, 0.05) is 22.8 Å². The molecule has 1 aromatic heterocycles. The Balaban J connectivity index is 1.86. The third-order valence-corrected chi connectivity index (χ3v) is 5.56. The Labute approximate surface area is 164 Å². The maximum Gasteiger partial charge on any atom is 0.416 e. The molecule has 0 radical (unpaired) electrons. The van der Waals surface area contributed by atoms with E-state index in [2.05, 4.69) is 4.98 Å². The number of alkyl halides is 4. The standard InChI is InChI=1S/C20H18ClF3N2O2/c1-28-19(27)26-9-8-14-15-10-13(21)6-7-16(15)25-17(14)18(26)11-2-4-12(5-3-11)20(22,23)24/h2-5,7,10,13,18,25H,6,8-9H2,1H3. The summed E-state index contributed by atoms with van der Waals surface area (Å²) in [5, 5.41) is 1.85. The van der Waals surface area contributed by atoms with Crippen molar-refractivity contribution in [2.24, 2.45) is 0 Å². The molecular weight excluding hydrogens is 393 g/mol. The highest BCUT2D eigenvalue weighted by Crippen LogP contribution is 2.35. The van der Waals surface area contributed by atoms with Crippen LogP contribution in [0.15, 0.2) is 24.3 Å². The van der Waals surface area contributed by atoms with Crippen LogP contribution in [0.5, 0.6) is 0 Å². The molecular formula is C20H18ClF3N2O2. The minimum atomic E-state index is -4.41. The summed E-state index contributed by atoms with van der Waals surface area (Å²) in [6.45, 7) is 0.399. The van der Waals surface area contributed by atoms with Crippen molar-refractivity contribution in [1.29, 1.82) is 0 Å². The van der Waals surface area contributed by atoms with Gasteiger partial charge in [-0.05, 0) is 36.1 Å². The first-order chi connectivity index (χ1) is 13.3. The van der Waals surface area contributed by atoms with Crippen LogP contribution < -0.4 is 10.6 Å². The number of H-pyrrole nitrogens is 1. The molecule has 0 saturated carbocycles. The lowest BCUT2D eigenvalue weighted by Crippen LogP contribution is -2.41. The fourth-order valence-electron chi connectivity index (χ4n) is 3.96. The van der Waals surface area contributed by atoms with Gasteiger partial charge in [0.2, 0.25) is 0 Å². The second-order valence-electron chi connectivity index (χ2n) is 6.90. The minimum absolute atomic E-state index is 0.101. The summed E-state index contributed by atoms with van der Waals surface area (Å²) in [5.41, 5.74) is 1.69. The fraction of sp³-hybridized carbons (Fsp3) is 0.350. The number of ether oxygens (including phenoxy) is 1. The molecule has 2 aliphatic rings. The molecule has 4 rings (SSSR count). The van der Waals surface area contributed by atoms with Gasteiger partial charge in [-0.2, -0.15) is 13.2 Å². The second-order valence-corrected chi connectivity index (χ2v) is 7.46. The van der Waals surface area contributed by atoms with Gasteiger partial charge in [-0.3, -0.25) is 4.90 Å². The maximum atomic E-state index is 12.9. The Morgan fingerprint density at radius 3 is 2.64 bits per heavy atom. The summed E-state index contributed by atoms with van der Waals surface area (Å²) < 4.78 is 43.7. The van der Waals surface area contributed by atoms with Crippen molar-refractivity contribution >= 4 is 29.8 Å². The molecule has 1 aromatic carbocycles. The van der Waals surface area contributed by atoms with Crippen molar-refractivity contribution in [2.75, 3.05) is 13.7 Å². The van der Waals surface area contributed by atoms with E-state index in [1.54, 1.807) is 0 Å². The highest BCUT2D eigenvalue weighted by Gasteiger charge is 2.36.